The summed E-state index contributed by atoms with van der Waals surface area (Å²) >= 11 is 24.0. The predicted molar refractivity (Wildman–Crippen MR) is 96.2 cm³/mol. The summed E-state index contributed by atoms with van der Waals surface area (Å²) in [5.41, 5.74) is -0.250. The Kier molecular flexibility index (Phi) is 5.81. The topological polar surface area (TPSA) is 80.0 Å². The molecule has 1 aromatic heterocycles. The Labute approximate surface area is 168 Å². The molecule has 6 nitrogen and oxygen atoms in total. The molecule has 0 bridgehead atoms. The maximum atomic E-state index is 12.5. The first kappa shape index (κ1) is 19.5. The minimum absolute atomic E-state index is 0.109. The van der Waals surface area contributed by atoms with Crippen LogP contribution < -0.4 is 0 Å². The maximum Gasteiger partial charge on any atom is 0.263 e. The fraction of sp³-hybridized carbons (Fsp3) is 0.250. The number of carbonyl (C=O) groups excluding carboxylic acids is 2. The van der Waals surface area contributed by atoms with Gasteiger partial charge in [-0.3, -0.25) is 14.5 Å². The number of nitrogens with zero attached hydrogens (tertiary/aromatic N) is 1. The molecule has 26 heavy (non-hydrogen) atoms. The van der Waals surface area contributed by atoms with Crippen LogP contribution in [0, 0.1) is 0 Å². The van der Waals surface area contributed by atoms with E-state index in [4.69, 9.17) is 55.6 Å². The van der Waals surface area contributed by atoms with Crippen LogP contribution in [0.15, 0.2) is 22.8 Å². The second-order valence-electron chi connectivity index (χ2n) is 5.48. The highest BCUT2D eigenvalue weighted by Gasteiger charge is 2.42. The number of hydrogen-bond acceptors (Lipinski definition) is 5. The predicted octanol–water partition coefficient (Wildman–Crippen LogP) is 4.07. The molecule has 138 valence electrons. The molecular weight excluding hydrogens is 428 g/mol. The Morgan fingerprint density at radius 3 is 2.12 bits per heavy atom. The van der Waals surface area contributed by atoms with Crippen molar-refractivity contribution in [2.45, 2.75) is 12.7 Å². The van der Waals surface area contributed by atoms with Gasteiger partial charge in [0.05, 0.1) is 56.7 Å². The van der Waals surface area contributed by atoms with E-state index in [1.807, 2.05) is 0 Å². The van der Waals surface area contributed by atoms with Gasteiger partial charge in [0.25, 0.3) is 11.8 Å². The molecule has 0 unspecified atom stereocenters. The Bertz CT molecular complexity index is 821. The van der Waals surface area contributed by atoms with Gasteiger partial charge < -0.3 is 14.3 Å². The Hall–Kier alpha value is -1.28. The number of aliphatic hydroxyl groups excluding tert-OH is 1. The van der Waals surface area contributed by atoms with Crippen molar-refractivity contribution in [3.8, 4) is 0 Å². The van der Waals surface area contributed by atoms with Gasteiger partial charge >= 0.3 is 0 Å². The molecule has 1 aromatic carbocycles. The summed E-state index contributed by atoms with van der Waals surface area (Å²) in [6.45, 7) is -0.265. The van der Waals surface area contributed by atoms with E-state index in [-0.39, 0.29) is 51.0 Å². The standard InChI is InChI=1S/C16H11Cl4NO5/c17-11-9-10(12(18)14(20)13(11)19)16(24)21(15(9)23)4-7(22)5-25-6-8-2-1-3-26-8/h1-3,7,22H,4-6H2/t7-/m1/s1. The Morgan fingerprint density at radius 1 is 1.04 bits per heavy atom. The summed E-state index contributed by atoms with van der Waals surface area (Å²) in [6.07, 6.45) is 0.383. The van der Waals surface area contributed by atoms with Crippen LogP contribution in [-0.2, 0) is 11.3 Å². The van der Waals surface area contributed by atoms with E-state index in [0.29, 0.717) is 5.76 Å². The van der Waals surface area contributed by atoms with E-state index in [1.165, 1.54) is 6.26 Å². The van der Waals surface area contributed by atoms with Crippen molar-refractivity contribution in [1.29, 1.82) is 0 Å². The number of carbonyl (C=O) groups is 2. The number of benzene rings is 1. The molecule has 1 atom stereocenters. The number of hydrogen-bond donors (Lipinski definition) is 1. The van der Waals surface area contributed by atoms with Crippen molar-refractivity contribution in [2.75, 3.05) is 13.2 Å². The van der Waals surface area contributed by atoms with Gasteiger partial charge in [-0.05, 0) is 12.1 Å². The van der Waals surface area contributed by atoms with E-state index in [0.717, 1.165) is 4.90 Å². The highest BCUT2D eigenvalue weighted by atomic mass is 35.5. The number of imide groups is 1. The minimum Gasteiger partial charge on any atom is -0.467 e. The lowest BCUT2D eigenvalue weighted by Gasteiger charge is -2.18. The molecule has 2 heterocycles. The van der Waals surface area contributed by atoms with Crippen molar-refractivity contribution < 1.29 is 23.8 Å². The van der Waals surface area contributed by atoms with E-state index in [9.17, 15) is 14.7 Å². The fourth-order valence-electron chi connectivity index (χ4n) is 2.52. The first-order valence-electron chi connectivity index (χ1n) is 7.33. The van der Waals surface area contributed by atoms with Gasteiger partial charge in [-0.25, -0.2) is 0 Å². The van der Waals surface area contributed by atoms with Crippen LogP contribution >= 0.6 is 46.4 Å². The minimum atomic E-state index is -1.12. The van der Waals surface area contributed by atoms with E-state index in [1.54, 1.807) is 12.1 Å². The van der Waals surface area contributed by atoms with Gasteiger partial charge in [-0.15, -0.1) is 0 Å². The number of fused-ring (bicyclic) bond motifs is 1. The second-order valence-corrected chi connectivity index (χ2v) is 6.99. The molecule has 0 saturated carbocycles. The van der Waals surface area contributed by atoms with Crippen molar-refractivity contribution in [1.82, 2.24) is 4.90 Å². The van der Waals surface area contributed by atoms with Gasteiger partial charge in [0.2, 0.25) is 0 Å². The van der Waals surface area contributed by atoms with Crippen LogP contribution in [0.5, 0.6) is 0 Å². The number of β-amino-alcohol motifs (C(OH)–C–C–N with tert-alkyl or cyclic N) is 1. The molecule has 0 radical (unpaired) electrons. The number of rotatable bonds is 6. The third kappa shape index (κ3) is 3.45. The van der Waals surface area contributed by atoms with Gasteiger partial charge in [0, 0.05) is 0 Å². The monoisotopic (exact) mass is 437 g/mol. The summed E-state index contributed by atoms with van der Waals surface area (Å²) in [6, 6.07) is 3.42. The van der Waals surface area contributed by atoms with Crippen molar-refractivity contribution >= 4 is 58.2 Å². The molecule has 2 amide bonds. The fourth-order valence-corrected chi connectivity index (χ4v) is 3.53. The Balaban J connectivity index is 1.72. The molecule has 2 aromatic rings. The zero-order chi connectivity index (χ0) is 19.0. The normalized spacial score (nSPS) is 14.9. The summed E-state index contributed by atoms with van der Waals surface area (Å²) in [5.74, 6) is -0.832. The third-order valence-corrected chi connectivity index (χ3v) is 5.52. The van der Waals surface area contributed by atoms with E-state index < -0.39 is 17.9 Å². The van der Waals surface area contributed by atoms with Crippen LogP contribution in [0.1, 0.15) is 26.5 Å². The van der Waals surface area contributed by atoms with E-state index >= 15 is 0 Å². The average Bonchev–Trinajstić information content (AvgIpc) is 3.20. The molecule has 0 spiro atoms. The summed E-state index contributed by atoms with van der Waals surface area (Å²) in [4.78, 5) is 25.9. The maximum absolute atomic E-state index is 12.5. The zero-order valence-corrected chi connectivity index (χ0v) is 16.0. The first-order chi connectivity index (χ1) is 12.3. The van der Waals surface area contributed by atoms with Gasteiger partial charge in [-0.2, -0.15) is 0 Å². The Morgan fingerprint density at radius 2 is 1.62 bits per heavy atom. The SMILES string of the molecule is O=C1c2c(Cl)c(Cl)c(Cl)c(Cl)c2C(=O)N1C[C@@H](O)COCc1ccco1. The largest absolute Gasteiger partial charge is 0.467 e. The van der Waals surface area contributed by atoms with Crippen LogP contribution in [0.25, 0.3) is 0 Å². The molecular formula is C16H11Cl4NO5. The highest BCUT2D eigenvalue weighted by Crippen LogP contribution is 2.44. The number of amides is 2. The smallest absolute Gasteiger partial charge is 0.263 e. The highest BCUT2D eigenvalue weighted by molar-refractivity contribution is 6.55. The number of ether oxygens (including phenoxy) is 1. The number of aliphatic hydroxyl groups is 1. The summed E-state index contributed by atoms with van der Waals surface area (Å²) in [7, 11) is 0. The molecule has 3 rings (SSSR count). The number of furan rings is 1. The lowest BCUT2D eigenvalue weighted by atomic mass is 10.1. The third-order valence-electron chi connectivity index (χ3n) is 3.71. The van der Waals surface area contributed by atoms with Crippen molar-refractivity contribution in [3.63, 3.8) is 0 Å². The summed E-state index contributed by atoms with van der Waals surface area (Å²) in [5, 5.41) is 9.56. The molecule has 1 aliphatic heterocycles. The average molecular weight is 439 g/mol. The van der Waals surface area contributed by atoms with Gasteiger partial charge in [0.15, 0.2) is 0 Å². The second kappa shape index (κ2) is 7.76. The summed E-state index contributed by atoms with van der Waals surface area (Å²) < 4.78 is 10.4. The van der Waals surface area contributed by atoms with Crippen molar-refractivity contribution in [2.24, 2.45) is 0 Å². The molecule has 0 fully saturated rings. The quantitative estimate of drug-likeness (QED) is 0.417. The van der Waals surface area contributed by atoms with Crippen LogP contribution in [0.2, 0.25) is 20.1 Å². The van der Waals surface area contributed by atoms with Gasteiger partial charge in [-0.1, -0.05) is 46.4 Å². The first-order valence-corrected chi connectivity index (χ1v) is 8.84. The van der Waals surface area contributed by atoms with E-state index in [2.05, 4.69) is 0 Å². The van der Waals surface area contributed by atoms with Crippen molar-refractivity contribution in [3.05, 3.63) is 55.4 Å². The van der Waals surface area contributed by atoms with Crippen LogP contribution in [-0.4, -0.2) is 41.1 Å². The lowest BCUT2D eigenvalue weighted by molar-refractivity contribution is 0.00768. The lowest BCUT2D eigenvalue weighted by Crippen LogP contribution is -2.38. The number of halogens is 4. The van der Waals surface area contributed by atoms with Crippen LogP contribution in [0.4, 0.5) is 0 Å². The molecule has 10 heteroatoms. The zero-order valence-electron chi connectivity index (χ0n) is 13.0. The molecule has 1 aliphatic rings. The molecule has 0 aliphatic carbocycles. The van der Waals surface area contributed by atoms with Gasteiger partial charge in [0.1, 0.15) is 12.4 Å². The van der Waals surface area contributed by atoms with Crippen LogP contribution in [0.3, 0.4) is 0 Å². The molecule has 0 saturated heterocycles. The molecule has 1 N–H and O–H groups in total.